The molecule has 0 radical (unpaired) electrons. The second kappa shape index (κ2) is 8.87. The molecule has 0 aliphatic heterocycles. The predicted octanol–water partition coefficient (Wildman–Crippen LogP) is 5.15. The summed E-state index contributed by atoms with van der Waals surface area (Å²) < 4.78 is 5.76. The van der Waals surface area contributed by atoms with E-state index in [1.807, 2.05) is 31.3 Å². The number of nitrogens with zero attached hydrogens (tertiary/aromatic N) is 2. The summed E-state index contributed by atoms with van der Waals surface area (Å²) in [4.78, 5) is 18.4. The average molecular weight is 383 g/mol. The predicted molar refractivity (Wildman–Crippen MR) is 108 cm³/mol. The maximum atomic E-state index is 12.4. The lowest BCUT2D eigenvalue weighted by atomic mass is 10.1. The largest absolute Gasteiger partial charge is 0.441 e. The zero-order valence-corrected chi connectivity index (χ0v) is 16.4. The van der Waals surface area contributed by atoms with E-state index in [9.17, 15) is 4.79 Å². The molecule has 0 saturated carbocycles. The molecule has 0 aliphatic carbocycles. The standard InChI is InChI=1S/C22H23ClN2O2/c1-3-16-4-6-17(7-5-16)15-25(2)22(26)13-12-21-24-14-20(27-21)18-8-10-19(23)11-9-18/h4-11,14H,3,12-13,15H2,1-2H3. The van der Waals surface area contributed by atoms with E-state index in [0.29, 0.717) is 36.1 Å². The topological polar surface area (TPSA) is 46.3 Å². The van der Waals surface area contributed by atoms with E-state index in [1.54, 1.807) is 11.1 Å². The molecule has 0 atom stereocenters. The third kappa shape index (κ3) is 5.20. The smallest absolute Gasteiger partial charge is 0.223 e. The zero-order valence-electron chi connectivity index (χ0n) is 15.6. The minimum absolute atomic E-state index is 0.0702. The highest BCUT2D eigenvalue weighted by Gasteiger charge is 2.12. The van der Waals surface area contributed by atoms with Crippen LogP contribution in [0.5, 0.6) is 0 Å². The number of hydrogen-bond acceptors (Lipinski definition) is 3. The molecular formula is C22H23ClN2O2. The fourth-order valence-corrected chi connectivity index (χ4v) is 2.95. The Hall–Kier alpha value is -2.59. The minimum Gasteiger partial charge on any atom is -0.441 e. The molecule has 3 rings (SSSR count). The molecule has 0 unspecified atom stereocenters. The summed E-state index contributed by atoms with van der Waals surface area (Å²) in [6.45, 7) is 2.73. The van der Waals surface area contributed by atoms with Crippen LogP contribution in [0.1, 0.15) is 30.4 Å². The van der Waals surface area contributed by atoms with Gasteiger partial charge in [-0.1, -0.05) is 42.8 Å². The quantitative estimate of drug-likeness (QED) is 0.567. The number of oxazole rings is 1. The van der Waals surface area contributed by atoms with Crippen molar-refractivity contribution in [2.24, 2.45) is 0 Å². The highest BCUT2D eigenvalue weighted by Crippen LogP contribution is 2.22. The van der Waals surface area contributed by atoms with Gasteiger partial charge in [0.05, 0.1) is 6.20 Å². The molecule has 2 aromatic carbocycles. The summed E-state index contributed by atoms with van der Waals surface area (Å²) >= 11 is 5.90. The first kappa shape index (κ1) is 19.2. The molecule has 0 spiro atoms. The van der Waals surface area contributed by atoms with Gasteiger partial charge in [-0.2, -0.15) is 0 Å². The Kier molecular flexibility index (Phi) is 6.30. The molecular weight excluding hydrogens is 360 g/mol. The van der Waals surface area contributed by atoms with E-state index >= 15 is 0 Å². The Morgan fingerprint density at radius 2 is 1.74 bits per heavy atom. The molecule has 0 bridgehead atoms. The zero-order chi connectivity index (χ0) is 19.2. The molecule has 1 aromatic heterocycles. The van der Waals surface area contributed by atoms with Crippen LogP contribution in [0.15, 0.2) is 59.1 Å². The molecule has 1 amide bonds. The van der Waals surface area contributed by atoms with Gasteiger partial charge in [-0.25, -0.2) is 4.98 Å². The first-order valence-electron chi connectivity index (χ1n) is 9.07. The number of halogens is 1. The molecule has 0 N–H and O–H groups in total. The maximum absolute atomic E-state index is 12.4. The van der Waals surface area contributed by atoms with Crippen molar-refractivity contribution in [2.45, 2.75) is 32.7 Å². The number of amides is 1. The number of carbonyl (C=O) groups is 1. The Bertz CT molecular complexity index is 885. The number of aromatic nitrogens is 1. The number of benzene rings is 2. The number of aryl methyl sites for hydroxylation is 2. The van der Waals surface area contributed by atoms with Crippen molar-refractivity contribution in [3.8, 4) is 11.3 Å². The van der Waals surface area contributed by atoms with Gasteiger partial charge in [0.15, 0.2) is 11.7 Å². The Morgan fingerprint density at radius 1 is 1.07 bits per heavy atom. The second-order valence-corrected chi connectivity index (χ2v) is 6.98. The molecule has 140 valence electrons. The fourth-order valence-electron chi connectivity index (χ4n) is 2.82. The fraction of sp³-hybridized carbons (Fsp3) is 0.273. The van der Waals surface area contributed by atoms with Gasteiger partial charge < -0.3 is 9.32 Å². The number of hydrogen-bond donors (Lipinski definition) is 0. The third-order valence-electron chi connectivity index (χ3n) is 4.51. The van der Waals surface area contributed by atoms with E-state index in [0.717, 1.165) is 17.5 Å². The van der Waals surface area contributed by atoms with Crippen molar-refractivity contribution in [2.75, 3.05) is 7.05 Å². The van der Waals surface area contributed by atoms with Gasteiger partial charge in [-0.05, 0) is 41.8 Å². The van der Waals surface area contributed by atoms with E-state index in [-0.39, 0.29) is 5.91 Å². The van der Waals surface area contributed by atoms with Crippen LogP contribution in [0.4, 0.5) is 0 Å². The van der Waals surface area contributed by atoms with Crippen LogP contribution < -0.4 is 0 Å². The number of rotatable bonds is 7. The molecule has 0 fully saturated rings. The molecule has 5 heteroatoms. The lowest BCUT2D eigenvalue weighted by Gasteiger charge is -2.17. The Labute approximate surface area is 164 Å². The third-order valence-corrected chi connectivity index (χ3v) is 4.76. The molecule has 3 aromatic rings. The molecule has 0 saturated heterocycles. The summed E-state index contributed by atoms with van der Waals surface area (Å²) in [5.74, 6) is 1.31. The van der Waals surface area contributed by atoms with Crippen LogP contribution in [0, 0.1) is 0 Å². The maximum Gasteiger partial charge on any atom is 0.223 e. The van der Waals surface area contributed by atoms with Gasteiger partial charge in [0.25, 0.3) is 0 Å². The molecule has 4 nitrogen and oxygen atoms in total. The molecule has 0 aliphatic rings. The lowest BCUT2D eigenvalue weighted by molar-refractivity contribution is -0.130. The van der Waals surface area contributed by atoms with Crippen molar-refractivity contribution in [1.82, 2.24) is 9.88 Å². The minimum atomic E-state index is 0.0702. The van der Waals surface area contributed by atoms with E-state index in [4.69, 9.17) is 16.0 Å². The van der Waals surface area contributed by atoms with Gasteiger partial charge in [0, 0.05) is 37.0 Å². The van der Waals surface area contributed by atoms with Gasteiger partial charge in [-0.15, -0.1) is 0 Å². The highest BCUT2D eigenvalue weighted by atomic mass is 35.5. The van der Waals surface area contributed by atoms with Crippen LogP contribution >= 0.6 is 11.6 Å². The Balaban J connectivity index is 1.53. The van der Waals surface area contributed by atoms with Crippen molar-refractivity contribution in [3.05, 3.63) is 76.8 Å². The van der Waals surface area contributed by atoms with Gasteiger partial charge >= 0.3 is 0 Å². The van der Waals surface area contributed by atoms with Crippen LogP contribution in [-0.4, -0.2) is 22.8 Å². The van der Waals surface area contributed by atoms with Crippen molar-refractivity contribution in [1.29, 1.82) is 0 Å². The van der Waals surface area contributed by atoms with Gasteiger partial charge in [0.2, 0.25) is 5.91 Å². The summed E-state index contributed by atoms with van der Waals surface area (Å²) in [5.41, 5.74) is 3.34. The first-order valence-corrected chi connectivity index (χ1v) is 9.45. The van der Waals surface area contributed by atoms with Crippen LogP contribution in [0.2, 0.25) is 5.02 Å². The molecule has 1 heterocycles. The monoisotopic (exact) mass is 382 g/mol. The van der Waals surface area contributed by atoms with E-state index in [1.165, 1.54) is 5.56 Å². The number of carbonyl (C=O) groups excluding carboxylic acids is 1. The van der Waals surface area contributed by atoms with Gasteiger partial charge in [0.1, 0.15) is 0 Å². The SMILES string of the molecule is CCc1ccc(CN(C)C(=O)CCc2ncc(-c3ccc(Cl)cc3)o2)cc1. The lowest BCUT2D eigenvalue weighted by Crippen LogP contribution is -2.26. The average Bonchev–Trinajstić information content (AvgIpc) is 3.16. The highest BCUT2D eigenvalue weighted by molar-refractivity contribution is 6.30. The van der Waals surface area contributed by atoms with E-state index < -0.39 is 0 Å². The van der Waals surface area contributed by atoms with E-state index in [2.05, 4.69) is 36.2 Å². The summed E-state index contributed by atoms with van der Waals surface area (Å²) in [7, 11) is 1.82. The second-order valence-electron chi connectivity index (χ2n) is 6.54. The van der Waals surface area contributed by atoms with Crippen molar-refractivity contribution >= 4 is 17.5 Å². The summed E-state index contributed by atoms with van der Waals surface area (Å²) in [6.07, 6.45) is 3.54. The van der Waals surface area contributed by atoms with Crippen molar-refractivity contribution < 1.29 is 9.21 Å². The van der Waals surface area contributed by atoms with Gasteiger partial charge in [-0.3, -0.25) is 4.79 Å². The normalized spacial score (nSPS) is 10.8. The Morgan fingerprint density at radius 3 is 2.41 bits per heavy atom. The van der Waals surface area contributed by atoms with Crippen LogP contribution in [-0.2, 0) is 24.2 Å². The summed E-state index contributed by atoms with van der Waals surface area (Å²) in [6, 6.07) is 15.8. The molecule has 27 heavy (non-hydrogen) atoms. The van der Waals surface area contributed by atoms with Crippen LogP contribution in [0.3, 0.4) is 0 Å². The van der Waals surface area contributed by atoms with Crippen LogP contribution in [0.25, 0.3) is 11.3 Å². The summed E-state index contributed by atoms with van der Waals surface area (Å²) in [5, 5.41) is 0.677. The van der Waals surface area contributed by atoms with Crippen molar-refractivity contribution in [3.63, 3.8) is 0 Å². The first-order chi connectivity index (χ1) is 13.0.